The van der Waals surface area contributed by atoms with Gasteiger partial charge in [0.05, 0.1) is 19.1 Å². The van der Waals surface area contributed by atoms with Crippen molar-refractivity contribution in [3.8, 4) is 0 Å². The molecule has 1 heterocycles. The summed E-state index contributed by atoms with van der Waals surface area (Å²) < 4.78 is 10.1. The summed E-state index contributed by atoms with van der Waals surface area (Å²) in [5.41, 5.74) is 0.0740. The second kappa shape index (κ2) is 3.44. The number of ether oxygens (including phenoxy) is 2. The minimum atomic E-state index is -0.122. The van der Waals surface area contributed by atoms with E-state index < -0.39 is 0 Å². The number of esters is 1. The first-order chi connectivity index (χ1) is 5.53. The SMILES string of the molecule is CC(C)C(=O)OCC1(C)COC1. The van der Waals surface area contributed by atoms with E-state index in [9.17, 15) is 4.79 Å². The highest BCUT2D eigenvalue weighted by atomic mass is 16.5. The highest BCUT2D eigenvalue weighted by Crippen LogP contribution is 2.26. The van der Waals surface area contributed by atoms with Gasteiger partial charge in [0.25, 0.3) is 0 Å². The lowest BCUT2D eigenvalue weighted by atomic mass is 9.90. The molecule has 0 spiro atoms. The fourth-order valence-electron chi connectivity index (χ4n) is 0.946. The molecular formula is C9H16O3. The van der Waals surface area contributed by atoms with Gasteiger partial charge in [-0.25, -0.2) is 0 Å². The summed E-state index contributed by atoms with van der Waals surface area (Å²) in [6.45, 7) is 7.63. The fraction of sp³-hybridized carbons (Fsp3) is 0.889. The Morgan fingerprint density at radius 1 is 1.58 bits per heavy atom. The molecule has 0 unspecified atom stereocenters. The Morgan fingerprint density at radius 3 is 2.50 bits per heavy atom. The summed E-state index contributed by atoms with van der Waals surface area (Å²) in [7, 11) is 0. The average Bonchev–Trinajstić information content (AvgIpc) is 1.96. The van der Waals surface area contributed by atoms with Crippen LogP contribution in [0.1, 0.15) is 20.8 Å². The summed E-state index contributed by atoms with van der Waals surface area (Å²) >= 11 is 0. The van der Waals surface area contributed by atoms with Crippen LogP contribution in [0.3, 0.4) is 0 Å². The first kappa shape index (κ1) is 9.52. The molecule has 1 fully saturated rings. The number of carbonyl (C=O) groups is 1. The van der Waals surface area contributed by atoms with Crippen molar-refractivity contribution < 1.29 is 14.3 Å². The normalized spacial score (nSPS) is 20.3. The molecule has 0 bridgehead atoms. The van der Waals surface area contributed by atoms with Crippen LogP contribution in [0, 0.1) is 11.3 Å². The molecule has 1 saturated heterocycles. The number of hydrogen-bond donors (Lipinski definition) is 0. The van der Waals surface area contributed by atoms with Crippen LogP contribution in [0.2, 0.25) is 0 Å². The molecule has 0 atom stereocenters. The highest BCUT2D eigenvalue weighted by Gasteiger charge is 2.34. The van der Waals surface area contributed by atoms with Gasteiger partial charge in [0.2, 0.25) is 0 Å². The van der Waals surface area contributed by atoms with Crippen molar-refractivity contribution >= 4 is 5.97 Å². The van der Waals surface area contributed by atoms with Gasteiger partial charge < -0.3 is 9.47 Å². The molecule has 0 radical (unpaired) electrons. The van der Waals surface area contributed by atoms with Gasteiger partial charge in [-0.2, -0.15) is 0 Å². The van der Waals surface area contributed by atoms with Gasteiger partial charge in [-0.05, 0) is 0 Å². The van der Waals surface area contributed by atoms with E-state index in [4.69, 9.17) is 9.47 Å². The van der Waals surface area contributed by atoms with Gasteiger partial charge in [0.1, 0.15) is 6.61 Å². The molecule has 0 aromatic heterocycles. The molecule has 1 aliphatic rings. The van der Waals surface area contributed by atoms with E-state index in [1.807, 2.05) is 13.8 Å². The molecule has 12 heavy (non-hydrogen) atoms. The Hall–Kier alpha value is -0.570. The Morgan fingerprint density at radius 2 is 2.17 bits per heavy atom. The summed E-state index contributed by atoms with van der Waals surface area (Å²) in [6.07, 6.45) is 0. The van der Waals surface area contributed by atoms with E-state index >= 15 is 0 Å². The summed E-state index contributed by atoms with van der Waals surface area (Å²) in [4.78, 5) is 11.1. The largest absolute Gasteiger partial charge is 0.465 e. The van der Waals surface area contributed by atoms with Crippen molar-refractivity contribution in [1.29, 1.82) is 0 Å². The van der Waals surface area contributed by atoms with E-state index in [0.717, 1.165) is 0 Å². The van der Waals surface area contributed by atoms with Gasteiger partial charge in [0, 0.05) is 5.41 Å². The molecule has 0 aromatic carbocycles. The summed E-state index contributed by atoms with van der Waals surface area (Å²) in [5.74, 6) is -0.155. The van der Waals surface area contributed by atoms with Crippen molar-refractivity contribution in [3.63, 3.8) is 0 Å². The third-order valence-corrected chi connectivity index (χ3v) is 1.94. The van der Waals surface area contributed by atoms with Gasteiger partial charge in [-0.3, -0.25) is 4.79 Å². The van der Waals surface area contributed by atoms with Crippen molar-refractivity contribution in [3.05, 3.63) is 0 Å². The van der Waals surface area contributed by atoms with Crippen LogP contribution in [-0.4, -0.2) is 25.8 Å². The second-order valence-electron chi connectivity index (χ2n) is 4.07. The highest BCUT2D eigenvalue weighted by molar-refractivity contribution is 5.71. The Balaban J connectivity index is 2.21. The van der Waals surface area contributed by atoms with Crippen LogP contribution in [0.4, 0.5) is 0 Å². The smallest absolute Gasteiger partial charge is 0.308 e. The molecule has 3 nitrogen and oxygen atoms in total. The molecule has 0 saturated carbocycles. The monoisotopic (exact) mass is 172 g/mol. The lowest BCUT2D eigenvalue weighted by molar-refractivity contribution is -0.168. The maximum absolute atomic E-state index is 11.1. The van der Waals surface area contributed by atoms with E-state index in [1.165, 1.54) is 0 Å². The van der Waals surface area contributed by atoms with Crippen LogP contribution < -0.4 is 0 Å². The molecule has 0 N–H and O–H groups in total. The molecule has 1 aliphatic heterocycles. The van der Waals surface area contributed by atoms with Crippen molar-refractivity contribution in [2.24, 2.45) is 11.3 Å². The van der Waals surface area contributed by atoms with Crippen LogP contribution in [0.25, 0.3) is 0 Å². The maximum Gasteiger partial charge on any atom is 0.308 e. The topological polar surface area (TPSA) is 35.5 Å². The minimum absolute atomic E-state index is 0.0328. The average molecular weight is 172 g/mol. The zero-order valence-corrected chi connectivity index (χ0v) is 7.92. The van der Waals surface area contributed by atoms with Crippen molar-refractivity contribution in [2.45, 2.75) is 20.8 Å². The first-order valence-corrected chi connectivity index (χ1v) is 4.28. The lowest BCUT2D eigenvalue weighted by Gasteiger charge is -2.37. The third kappa shape index (κ3) is 2.21. The summed E-state index contributed by atoms with van der Waals surface area (Å²) in [5, 5.41) is 0. The molecule has 0 amide bonds. The van der Waals surface area contributed by atoms with Crippen LogP contribution >= 0.6 is 0 Å². The summed E-state index contributed by atoms with van der Waals surface area (Å²) in [6, 6.07) is 0. The van der Waals surface area contributed by atoms with Crippen LogP contribution in [-0.2, 0) is 14.3 Å². The molecule has 0 aliphatic carbocycles. The molecular weight excluding hydrogens is 156 g/mol. The van der Waals surface area contributed by atoms with Crippen LogP contribution in [0.15, 0.2) is 0 Å². The quantitative estimate of drug-likeness (QED) is 0.600. The predicted molar refractivity (Wildman–Crippen MR) is 44.7 cm³/mol. The molecule has 3 heteroatoms. The Labute approximate surface area is 73.0 Å². The van der Waals surface area contributed by atoms with E-state index in [0.29, 0.717) is 19.8 Å². The molecule has 0 aromatic rings. The minimum Gasteiger partial charge on any atom is -0.465 e. The number of carbonyl (C=O) groups excluding carboxylic acids is 1. The van der Waals surface area contributed by atoms with Gasteiger partial charge in [-0.15, -0.1) is 0 Å². The van der Waals surface area contributed by atoms with Crippen molar-refractivity contribution in [2.75, 3.05) is 19.8 Å². The second-order valence-corrected chi connectivity index (χ2v) is 4.07. The molecule has 1 rings (SSSR count). The van der Waals surface area contributed by atoms with Crippen LogP contribution in [0.5, 0.6) is 0 Å². The molecule has 70 valence electrons. The lowest BCUT2D eigenvalue weighted by Crippen LogP contribution is -2.44. The predicted octanol–water partition coefficient (Wildman–Crippen LogP) is 1.22. The van der Waals surface area contributed by atoms with Gasteiger partial charge in [0.15, 0.2) is 0 Å². The maximum atomic E-state index is 11.1. The number of hydrogen-bond acceptors (Lipinski definition) is 3. The zero-order valence-electron chi connectivity index (χ0n) is 7.92. The number of rotatable bonds is 3. The van der Waals surface area contributed by atoms with Crippen molar-refractivity contribution in [1.82, 2.24) is 0 Å². The zero-order chi connectivity index (χ0) is 9.19. The van der Waals surface area contributed by atoms with Gasteiger partial charge in [-0.1, -0.05) is 20.8 Å². The standard InChI is InChI=1S/C9H16O3/c1-7(2)8(10)12-6-9(3)4-11-5-9/h7H,4-6H2,1-3H3. The van der Waals surface area contributed by atoms with E-state index in [2.05, 4.69) is 6.92 Å². The fourth-order valence-corrected chi connectivity index (χ4v) is 0.946. The first-order valence-electron chi connectivity index (χ1n) is 4.28. The van der Waals surface area contributed by atoms with E-state index in [1.54, 1.807) is 0 Å². The third-order valence-electron chi connectivity index (χ3n) is 1.94. The van der Waals surface area contributed by atoms with E-state index in [-0.39, 0.29) is 17.3 Å². The Kier molecular flexibility index (Phi) is 2.73. The van der Waals surface area contributed by atoms with Gasteiger partial charge >= 0.3 is 5.97 Å². The Bertz CT molecular complexity index is 171.